The van der Waals surface area contributed by atoms with Gasteiger partial charge in [0.15, 0.2) is 5.82 Å². The number of aliphatic hydroxyl groups is 1. The predicted octanol–water partition coefficient (Wildman–Crippen LogP) is 4.74. The van der Waals surface area contributed by atoms with E-state index in [2.05, 4.69) is 25.0 Å². The Kier molecular flexibility index (Phi) is 5.68. The zero-order chi connectivity index (χ0) is 21.8. The van der Waals surface area contributed by atoms with Crippen LogP contribution in [0.2, 0.25) is 0 Å². The number of para-hydroxylation sites is 1. The molecule has 0 spiro atoms. The molecule has 2 aromatic heterocycles. The molecule has 0 aliphatic carbocycles. The van der Waals surface area contributed by atoms with Crippen molar-refractivity contribution in [2.24, 2.45) is 0 Å². The van der Waals surface area contributed by atoms with Gasteiger partial charge in [-0.05, 0) is 42.0 Å². The Morgan fingerprint density at radius 2 is 1.74 bits per heavy atom. The summed E-state index contributed by atoms with van der Waals surface area (Å²) in [5, 5.41) is 14.4. The highest BCUT2D eigenvalue weighted by Gasteiger charge is 2.31. The first-order valence-corrected chi connectivity index (χ1v) is 9.34. The molecule has 0 fully saturated rings. The van der Waals surface area contributed by atoms with Gasteiger partial charge in [0.2, 0.25) is 0 Å². The lowest BCUT2D eigenvalue weighted by Gasteiger charge is -2.15. The van der Waals surface area contributed by atoms with Crippen LogP contribution in [0, 0.1) is 0 Å². The molecule has 0 saturated heterocycles. The van der Waals surface area contributed by atoms with E-state index in [0.29, 0.717) is 17.2 Å². The van der Waals surface area contributed by atoms with Crippen molar-refractivity contribution < 1.29 is 23.0 Å². The highest BCUT2D eigenvalue weighted by Crippen LogP contribution is 2.27. The van der Waals surface area contributed by atoms with E-state index >= 15 is 0 Å². The molecule has 1 atom stereocenters. The monoisotopic (exact) mass is 426 g/mol. The van der Waals surface area contributed by atoms with Gasteiger partial charge in [0.05, 0.1) is 11.6 Å². The minimum Gasteiger partial charge on any atom is -0.406 e. The van der Waals surface area contributed by atoms with Gasteiger partial charge >= 0.3 is 6.36 Å². The molecule has 0 aliphatic rings. The second kappa shape index (κ2) is 8.57. The molecule has 1 unspecified atom stereocenters. The molecule has 2 aromatic carbocycles. The Bertz CT molecular complexity index is 1170. The molecule has 4 aromatic rings. The fraction of sp³-hybridized carbons (Fsp3) is 0.136. The van der Waals surface area contributed by atoms with Crippen LogP contribution in [0.4, 0.5) is 19.0 Å². The molecule has 0 bridgehead atoms. The average Bonchev–Trinajstić information content (AvgIpc) is 2.77. The quantitative estimate of drug-likeness (QED) is 0.464. The Morgan fingerprint density at radius 3 is 2.45 bits per heavy atom. The smallest absolute Gasteiger partial charge is 0.406 e. The van der Waals surface area contributed by atoms with Crippen LogP contribution in [0.5, 0.6) is 5.75 Å². The third kappa shape index (κ3) is 5.07. The second-order valence-electron chi connectivity index (χ2n) is 6.67. The Hall–Kier alpha value is -3.72. The lowest BCUT2D eigenvalue weighted by atomic mass is 10.1. The summed E-state index contributed by atoms with van der Waals surface area (Å²) in [5.41, 5.74) is 1.91. The standard InChI is InChI=1S/C22H17F3N4O2/c23-22(24,25)31-16-9-7-14(8-10-16)19(30)13-27-21-17-5-1-2-6-18(17)28-20(29-21)15-4-3-11-26-12-15/h1-12,19,30H,13H2,(H,27,28,29). The Morgan fingerprint density at radius 1 is 0.968 bits per heavy atom. The van der Waals surface area contributed by atoms with Crippen LogP contribution in [0.25, 0.3) is 22.3 Å². The van der Waals surface area contributed by atoms with E-state index in [9.17, 15) is 18.3 Å². The number of benzene rings is 2. The van der Waals surface area contributed by atoms with Crippen molar-refractivity contribution in [1.82, 2.24) is 15.0 Å². The molecule has 0 saturated carbocycles. The first kappa shape index (κ1) is 20.5. The lowest BCUT2D eigenvalue weighted by Crippen LogP contribution is -2.17. The summed E-state index contributed by atoms with van der Waals surface area (Å²) in [6.07, 6.45) is -2.42. The van der Waals surface area contributed by atoms with Gasteiger partial charge in [-0.15, -0.1) is 13.2 Å². The summed E-state index contributed by atoms with van der Waals surface area (Å²) in [6.45, 7) is 0.0902. The van der Waals surface area contributed by atoms with Crippen LogP contribution in [0.1, 0.15) is 11.7 Å². The molecule has 0 radical (unpaired) electrons. The molecule has 0 amide bonds. The average molecular weight is 426 g/mol. The van der Waals surface area contributed by atoms with Gasteiger partial charge in [-0.25, -0.2) is 9.97 Å². The van der Waals surface area contributed by atoms with E-state index in [-0.39, 0.29) is 12.3 Å². The van der Waals surface area contributed by atoms with Gasteiger partial charge in [-0.3, -0.25) is 4.98 Å². The first-order chi connectivity index (χ1) is 14.9. The second-order valence-corrected chi connectivity index (χ2v) is 6.67. The number of nitrogens with zero attached hydrogens (tertiary/aromatic N) is 3. The summed E-state index contributed by atoms with van der Waals surface area (Å²) < 4.78 is 40.7. The van der Waals surface area contributed by atoms with Crippen molar-refractivity contribution >= 4 is 16.7 Å². The minimum atomic E-state index is -4.76. The van der Waals surface area contributed by atoms with E-state index in [4.69, 9.17) is 0 Å². The van der Waals surface area contributed by atoms with Crippen LogP contribution in [-0.4, -0.2) is 33.0 Å². The number of hydrogen-bond acceptors (Lipinski definition) is 6. The van der Waals surface area contributed by atoms with E-state index in [0.717, 1.165) is 28.6 Å². The largest absolute Gasteiger partial charge is 0.573 e. The fourth-order valence-electron chi connectivity index (χ4n) is 3.04. The van der Waals surface area contributed by atoms with Crippen LogP contribution in [0.3, 0.4) is 0 Å². The van der Waals surface area contributed by atoms with Gasteiger partial charge < -0.3 is 15.2 Å². The Balaban J connectivity index is 1.54. The number of hydrogen-bond donors (Lipinski definition) is 2. The lowest BCUT2D eigenvalue weighted by molar-refractivity contribution is -0.274. The van der Waals surface area contributed by atoms with Crippen molar-refractivity contribution in [2.45, 2.75) is 12.5 Å². The SMILES string of the molecule is OC(CNc1nc(-c2cccnc2)nc2ccccc12)c1ccc(OC(F)(F)F)cc1. The van der Waals surface area contributed by atoms with Crippen molar-refractivity contribution in [3.63, 3.8) is 0 Å². The molecule has 9 heteroatoms. The molecule has 6 nitrogen and oxygen atoms in total. The normalized spacial score (nSPS) is 12.5. The number of pyridine rings is 1. The van der Waals surface area contributed by atoms with Gasteiger partial charge in [0, 0.05) is 29.9 Å². The third-order valence-electron chi connectivity index (χ3n) is 4.48. The summed E-state index contributed by atoms with van der Waals surface area (Å²) >= 11 is 0. The fourth-order valence-corrected chi connectivity index (χ4v) is 3.04. The molecule has 31 heavy (non-hydrogen) atoms. The zero-order valence-corrected chi connectivity index (χ0v) is 16.0. The molecule has 158 valence electrons. The maximum atomic E-state index is 12.3. The maximum absolute atomic E-state index is 12.3. The number of nitrogens with one attached hydrogen (secondary N) is 1. The highest BCUT2D eigenvalue weighted by molar-refractivity contribution is 5.90. The van der Waals surface area contributed by atoms with E-state index in [1.165, 1.54) is 12.1 Å². The number of ether oxygens (including phenoxy) is 1. The van der Waals surface area contributed by atoms with Gasteiger partial charge in [-0.2, -0.15) is 0 Å². The first-order valence-electron chi connectivity index (χ1n) is 9.34. The van der Waals surface area contributed by atoms with Crippen LogP contribution in [-0.2, 0) is 0 Å². The van der Waals surface area contributed by atoms with E-state index < -0.39 is 12.5 Å². The van der Waals surface area contributed by atoms with Gasteiger partial charge in [-0.1, -0.05) is 24.3 Å². The highest BCUT2D eigenvalue weighted by atomic mass is 19.4. The molecule has 2 N–H and O–H groups in total. The van der Waals surface area contributed by atoms with Gasteiger partial charge in [0.25, 0.3) is 0 Å². The number of aromatic nitrogens is 3. The summed E-state index contributed by atoms with van der Waals surface area (Å²) in [6, 6.07) is 16.2. The predicted molar refractivity (Wildman–Crippen MR) is 109 cm³/mol. The van der Waals surface area contributed by atoms with E-state index in [1.807, 2.05) is 30.3 Å². The molecule has 4 rings (SSSR count). The van der Waals surface area contributed by atoms with Gasteiger partial charge in [0.1, 0.15) is 11.6 Å². The van der Waals surface area contributed by atoms with Crippen LogP contribution >= 0.6 is 0 Å². The third-order valence-corrected chi connectivity index (χ3v) is 4.48. The van der Waals surface area contributed by atoms with Crippen molar-refractivity contribution in [3.05, 3.63) is 78.6 Å². The van der Waals surface area contributed by atoms with Crippen molar-refractivity contribution in [3.8, 4) is 17.1 Å². The van der Waals surface area contributed by atoms with Crippen LogP contribution in [0.15, 0.2) is 73.1 Å². The maximum Gasteiger partial charge on any atom is 0.573 e. The number of aliphatic hydroxyl groups excluding tert-OH is 1. The van der Waals surface area contributed by atoms with Crippen molar-refractivity contribution in [1.29, 1.82) is 0 Å². The van der Waals surface area contributed by atoms with Crippen molar-refractivity contribution in [2.75, 3.05) is 11.9 Å². The topological polar surface area (TPSA) is 80.2 Å². The molecule has 0 aliphatic heterocycles. The summed E-state index contributed by atoms with van der Waals surface area (Å²) in [5.74, 6) is 0.664. The number of halogens is 3. The van der Waals surface area contributed by atoms with E-state index in [1.54, 1.807) is 18.5 Å². The minimum absolute atomic E-state index is 0.0902. The summed E-state index contributed by atoms with van der Waals surface area (Å²) in [7, 11) is 0. The molecular weight excluding hydrogens is 409 g/mol. The number of rotatable bonds is 6. The molecule has 2 heterocycles. The molecular formula is C22H17F3N4O2. The summed E-state index contributed by atoms with van der Waals surface area (Å²) in [4.78, 5) is 13.2. The Labute approximate surface area is 175 Å². The number of fused-ring (bicyclic) bond motifs is 1. The number of anilines is 1. The zero-order valence-electron chi connectivity index (χ0n) is 16.0. The van der Waals surface area contributed by atoms with Crippen LogP contribution < -0.4 is 10.1 Å². The number of alkyl halides is 3.